The molecule has 2 aromatic rings. The van der Waals surface area contributed by atoms with Gasteiger partial charge in [-0.25, -0.2) is 4.98 Å². The van der Waals surface area contributed by atoms with Crippen LogP contribution in [0.4, 0.5) is 5.82 Å². The van der Waals surface area contributed by atoms with Crippen LogP contribution in [0.5, 0.6) is 5.75 Å². The fourth-order valence-corrected chi connectivity index (χ4v) is 2.64. The lowest BCUT2D eigenvalue weighted by Gasteiger charge is -2.03. The van der Waals surface area contributed by atoms with E-state index in [1.165, 1.54) is 5.56 Å². The summed E-state index contributed by atoms with van der Waals surface area (Å²) >= 11 is 1.59. The molecule has 3 nitrogen and oxygen atoms in total. The maximum absolute atomic E-state index is 5.62. The number of hydrogen-bond donors (Lipinski definition) is 1. The number of nitrogens with zero attached hydrogens (tertiary/aromatic N) is 1. The Hall–Kier alpha value is -1.55. The zero-order valence-corrected chi connectivity index (χ0v) is 8.83. The Morgan fingerprint density at radius 2 is 2.27 bits per heavy atom. The van der Waals surface area contributed by atoms with E-state index in [0.29, 0.717) is 12.4 Å². The van der Waals surface area contributed by atoms with Crippen molar-refractivity contribution in [2.24, 2.45) is 0 Å². The quantitative estimate of drug-likeness (QED) is 0.798. The first-order valence-corrected chi connectivity index (χ1v) is 5.65. The number of nitrogen functional groups attached to an aromatic ring is 1. The summed E-state index contributed by atoms with van der Waals surface area (Å²) in [5.74, 6) is 1.82. The molecule has 1 aromatic heterocycles. The third-order valence-corrected chi connectivity index (χ3v) is 3.51. The van der Waals surface area contributed by atoms with Crippen LogP contribution in [0.3, 0.4) is 0 Å². The van der Waals surface area contributed by atoms with E-state index in [1.54, 1.807) is 11.3 Å². The molecule has 0 spiro atoms. The molecule has 0 fully saturated rings. The van der Waals surface area contributed by atoms with Crippen molar-refractivity contribution >= 4 is 17.2 Å². The molecule has 1 aromatic carbocycles. The molecule has 1 aliphatic heterocycles. The minimum Gasteiger partial charge on any atom is -0.492 e. The first-order chi connectivity index (χ1) is 7.34. The molecule has 0 aliphatic carbocycles. The van der Waals surface area contributed by atoms with Crippen molar-refractivity contribution in [2.45, 2.75) is 5.92 Å². The summed E-state index contributed by atoms with van der Waals surface area (Å²) in [4.78, 5) is 4.31. The van der Waals surface area contributed by atoms with Crippen molar-refractivity contribution in [1.82, 2.24) is 4.98 Å². The molecular formula is C11H10N2OS. The van der Waals surface area contributed by atoms with Crippen LogP contribution in [0.2, 0.25) is 0 Å². The number of aromatic nitrogens is 1. The van der Waals surface area contributed by atoms with E-state index in [1.807, 2.05) is 23.6 Å². The zero-order chi connectivity index (χ0) is 10.3. The highest BCUT2D eigenvalue weighted by molar-refractivity contribution is 7.10. The van der Waals surface area contributed by atoms with Gasteiger partial charge in [-0.15, -0.1) is 11.3 Å². The lowest BCUT2D eigenvalue weighted by Crippen LogP contribution is -2.02. The van der Waals surface area contributed by atoms with Crippen molar-refractivity contribution in [1.29, 1.82) is 0 Å². The van der Waals surface area contributed by atoms with Gasteiger partial charge in [0, 0.05) is 10.9 Å². The van der Waals surface area contributed by atoms with Gasteiger partial charge >= 0.3 is 0 Å². The van der Waals surface area contributed by atoms with Gasteiger partial charge in [0.2, 0.25) is 0 Å². The van der Waals surface area contributed by atoms with E-state index in [2.05, 4.69) is 11.1 Å². The Labute approximate surface area is 91.5 Å². The average Bonchev–Trinajstić information content (AvgIpc) is 2.83. The van der Waals surface area contributed by atoms with Crippen molar-refractivity contribution in [2.75, 3.05) is 12.3 Å². The van der Waals surface area contributed by atoms with Crippen LogP contribution in [0, 0.1) is 0 Å². The third kappa shape index (κ3) is 1.37. The number of ether oxygens (including phenoxy) is 1. The van der Waals surface area contributed by atoms with Crippen molar-refractivity contribution in [3.05, 3.63) is 40.2 Å². The number of para-hydroxylation sites is 1. The minimum absolute atomic E-state index is 0.253. The molecule has 0 saturated heterocycles. The highest BCUT2D eigenvalue weighted by atomic mass is 32.1. The summed E-state index contributed by atoms with van der Waals surface area (Å²) in [6.07, 6.45) is 0. The average molecular weight is 218 g/mol. The van der Waals surface area contributed by atoms with Gasteiger partial charge in [0.05, 0.1) is 5.92 Å². The fraction of sp³-hybridized carbons (Fsp3) is 0.182. The molecule has 4 heteroatoms. The van der Waals surface area contributed by atoms with Crippen LogP contribution in [0.15, 0.2) is 29.6 Å². The van der Waals surface area contributed by atoms with Crippen LogP contribution in [-0.2, 0) is 0 Å². The molecule has 0 amide bonds. The second-order valence-corrected chi connectivity index (χ2v) is 4.40. The zero-order valence-electron chi connectivity index (χ0n) is 8.01. The standard InChI is InChI=1S/C11H10N2OS/c12-10-6-15-11(13-10)8-5-14-9-4-2-1-3-7(8)9/h1-4,6,8H,5,12H2. The molecule has 3 rings (SSSR count). The van der Waals surface area contributed by atoms with Gasteiger partial charge in [0.1, 0.15) is 23.2 Å². The first kappa shape index (κ1) is 8.73. The lowest BCUT2D eigenvalue weighted by molar-refractivity contribution is 0.343. The third-order valence-electron chi connectivity index (χ3n) is 2.54. The SMILES string of the molecule is Nc1csc(C2COc3ccccc32)n1. The van der Waals surface area contributed by atoms with Crippen molar-refractivity contribution < 1.29 is 4.74 Å². The van der Waals surface area contributed by atoms with E-state index in [0.717, 1.165) is 10.8 Å². The van der Waals surface area contributed by atoms with Crippen molar-refractivity contribution in [3.8, 4) is 5.75 Å². The molecule has 1 atom stereocenters. The largest absolute Gasteiger partial charge is 0.492 e. The monoisotopic (exact) mass is 218 g/mol. The van der Waals surface area contributed by atoms with E-state index in [4.69, 9.17) is 10.5 Å². The van der Waals surface area contributed by atoms with Crippen LogP contribution in [0.1, 0.15) is 16.5 Å². The van der Waals surface area contributed by atoms with Gasteiger partial charge in [-0.05, 0) is 6.07 Å². The molecule has 0 saturated carbocycles. The Morgan fingerprint density at radius 3 is 3.07 bits per heavy atom. The minimum atomic E-state index is 0.253. The van der Waals surface area contributed by atoms with Gasteiger partial charge in [-0.3, -0.25) is 0 Å². The molecule has 2 N–H and O–H groups in total. The normalized spacial score (nSPS) is 18.5. The Bertz CT molecular complexity index is 495. The van der Waals surface area contributed by atoms with Crippen LogP contribution < -0.4 is 10.5 Å². The van der Waals surface area contributed by atoms with Gasteiger partial charge in [-0.1, -0.05) is 18.2 Å². The topological polar surface area (TPSA) is 48.1 Å². The molecule has 15 heavy (non-hydrogen) atoms. The predicted molar refractivity (Wildman–Crippen MR) is 60.3 cm³/mol. The van der Waals surface area contributed by atoms with Crippen LogP contribution in [-0.4, -0.2) is 11.6 Å². The molecule has 1 aliphatic rings. The summed E-state index contributed by atoms with van der Waals surface area (Å²) in [5.41, 5.74) is 6.84. The summed E-state index contributed by atoms with van der Waals surface area (Å²) in [6, 6.07) is 8.09. The smallest absolute Gasteiger partial charge is 0.134 e. The Morgan fingerprint density at radius 1 is 1.40 bits per heavy atom. The number of nitrogens with two attached hydrogens (primary N) is 1. The summed E-state index contributed by atoms with van der Waals surface area (Å²) in [6.45, 7) is 0.673. The van der Waals surface area contributed by atoms with Gasteiger partial charge in [-0.2, -0.15) is 0 Å². The molecular weight excluding hydrogens is 208 g/mol. The number of rotatable bonds is 1. The van der Waals surface area contributed by atoms with Gasteiger partial charge in [0.25, 0.3) is 0 Å². The number of thiazole rings is 1. The number of hydrogen-bond acceptors (Lipinski definition) is 4. The Balaban J connectivity index is 2.04. The highest BCUT2D eigenvalue weighted by Gasteiger charge is 2.27. The summed E-state index contributed by atoms with van der Waals surface area (Å²) in [5, 5.41) is 2.91. The summed E-state index contributed by atoms with van der Waals surface area (Å²) < 4.78 is 5.60. The molecule has 0 bridgehead atoms. The van der Waals surface area contributed by atoms with E-state index >= 15 is 0 Å². The van der Waals surface area contributed by atoms with E-state index in [-0.39, 0.29) is 5.92 Å². The number of fused-ring (bicyclic) bond motifs is 1. The fourth-order valence-electron chi connectivity index (χ4n) is 1.83. The molecule has 2 heterocycles. The number of benzene rings is 1. The van der Waals surface area contributed by atoms with Crippen LogP contribution in [0.25, 0.3) is 0 Å². The van der Waals surface area contributed by atoms with E-state index in [9.17, 15) is 0 Å². The summed E-state index contributed by atoms with van der Waals surface area (Å²) in [7, 11) is 0. The Kier molecular flexibility index (Phi) is 1.89. The van der Waals surface area contributed by atoms with Crippen molar-refractivity contribution in [3.63, 3.8) is 0 Å². The molecule has 76 valence electrons. The first-order valence-electron chi connectivity index (χ1n) is 4.77. The second-order valence-electron chi connectivity index (χ2n) is 3.51. The predicted octanol–water partition coefficient (Wildman–Crippen LogP) is 2.25. The van der Waals surface area contributed by atoms with Gasteiger partial charge < -0.3 is 10.5 Å². The maximum Gasteiger partial charge on any atom is 0.134 e. The van der Waals surface area contributed by atoms with Crippen LogP contribution >= 0.6 is 11.3 Å². The maximum atomic E-state index is 5.62. The lowest BCUT2D eigenvalue weighted by atomic mass is 10.0. The molecule has 1 unspecified atom stereocenters. The van der Waals surface area contributed by atoms with E-state index < -0.39 is 0 Å². The van der Waals surface area contributed by atoms with Gasteiger partial charge in [0.15, 0.2) is 0 Å². The molecule has 0 radical (unpaired) electrons. The second kappa shape index (κ2) is 3.24. The highest BCUT2D eigenvalue weighted by Crippen LogP contribution is 2.38. The number of anilines is 1.